The van der Waals surface area contributed by atoms with Crippen molar-refractivity contribution in [3.63, 3.8) is 0 Å². The Balaban J connectivity index is 2.31. The van der Waals surface area contributed by atoms with E-state index in [1.165, 1.54) is 71.2 Å². The van der Waals surface area contributed by atoms with Crippen LogP contribution < -0.4 is 14.8 Å². The number of halogens is 17. The quantitative estimate of drug-likeness (QED) is 0.0264. The molecule has 0 aliphatic carbocycles. The fourth-order valence-electron chi connectivity index (χ4n) is 6.58. The van der Waals surface area contributed by atoms with Crippen molar-refractivity contribution in [1.82, 2.24) is 0 Å². The SMILES string of the molecule is CCOC(=O)/C=C/C=C/[C@@H](C)[C@@H](OC(=O)Nc1ccc(OC)cc1)c1ccc(OCCO[Si](CCC(F)(F)C(F)(F)C(F)(F)C(F)(F)C(F)(F)C(F)(F)C(F)(F)C(F)(F)F)(C(C)C)C(C)C)cc1. The topological polar surface area (TPSA) is 92.3 Å². The minimum absolute atomic E-state index is 0.116. The summed E-state index contributed by atoms with van der Waals surface area (Å²) in [4.78, 5) is 24.6. The molecule has 2 atom stereocenters. The van der Waals surface area contributed by atoms with Crippen molar-refractivity contribution < 1.29 is 108 Å². The lowest BCUT2D eigenvalue weighted by Crippen LogP contribution is -2.74. The van der Waals surface area contributed by atoms with E-state index >= 15 is 8.78 Å². The molecular formula is C42H48F17NO7Si. The maximum atomic E-state index is 15.0. The number of rotatable bonds is 25. The monoisotopic (exact) mass is 1030 g/mol. The van der Waals surface area contributed by atoms with Gasteiger partial charge in [-0.15, -0.1) is 0 Å². The number of esters is 1. The lowest BCUT2D eigenvalue weighted by atomic mass is 9.88. The van der Waals surface area contributed by atoms with Gasteiger partial charge in [0.2, 0.25) is 0 Å². The van der Waals surface area contributed by atoms with E-state index in [1.54, 1.807) is 44.2 Å². The number of amides is 1. The highest BCUT2D eigenvalue weighted by Crippen LogP contribution is 2.64. The highest BCUT2D eigenvalue weighted by atomic mass is 28.4. The molecule has 0 spiro atoms. The first-order valence-corrected chi connectivity index (χ1v) is 22.4. The Kier molecular flexibility index (Phi) is 19.5. The Morgan fingerprint density at radius 3 is 1.60 bits per heavy atom. The van der Waals surface area contributed by atoms with E-state index in [2.05, 4.69) is 5.32 Å². The average Bonchev–Trinajstić information content (AvgIpc) is 3.23. The zero-order valence-electron chi connectivity index (χ0n) is 37.1. The number of hydrogen-bond donors (Lipinski definition) is 1. The Labute approximate surface area is 380 Å². The van der Waals surface area contributed by atoms with Gasteiger partial charge < -0.3 is 23.4 Å². The van der Waals surface area contributed by atoms with Crippen LogP contribution >= 0.6 is 0 Å². The predicted molar refractivity (Wildman–Crippen MR) is 214 cm³/mol. The van der Waals surface area contributed by atoms with Gasteiger partial charge in [0.15, 0.2) is 8.32 Å². The third-order valence-electron chi connectivity index (χ3n) is 10.6. The van der Waals surface area contributed by atoms with Crippen LogP contribution in [0, 0.1) is 5.92 Å². The van der Waals surface area contributed by atoms with Crippen molar-refractivity contribution in [3.8, 4) is 11.5 Å². The lowest BCUT2D eigenvalue weighted by Gasteiger charge is -2.44. The van der Waals surface area contributed by atoms with E-state index in [0.717, 1.165) is 6.08 Å². The Morgan fingerprint density at radius 2 is 1.13 bits per heavy atom. The summed E-state index contributed by atoms with van der Waals surface area (Å²) >= 11 is 0. The number of carbonyl (C=O) groups is 2. The smallest absolute Gasteiger partial charge is 0.460 e. The van der Waals surface area contributed by atoms with Crippen LogP contribution in [-0.4, -0.2) is 94.9 Å². The number of alkyl halides is 17. The van der Waals surface area contributed by atoms with Gasteiger partial charge in [-0.2, -0.15) is 74.6 Å². The molecule has 0 saturated heterocycles. The van der Waals surface area contributed by atoms with Crippen LogP contribution in [0.5, 0.6) is 11.5 Å². The van der Waals surface area contributed by atoms with Crippen molar-refractivity contribution in [2.24, 2.45) is 5.92 Å². The molecule has 0 bridgehead atoms. The summed E-state index contributed by atoms with van der Waals surface area (Å²) in [5.74, 6) is -57.4. The number of carbonyl (C=O) groups excluding carboxylic acids is 2. The molecule has 68 heavy (non-hydrogen) atoms. The van der Waals surface area contributed by atoms with Crippen LogP contribution in [0.1, 0.15) is 59.6 Å². The molecule has 2 rings (SSSR count). The molecule has 0 unspecified atom stereocenters. The van der Waals surface area contributed by atoms with E-state index in [9.17, 15) is 75.4 Å². The van der Waals surface area contributed by atoms with Gasteiger partial charge in [0.1, 0.15) is 24.2 Å². The van der Waals surface area contributed by atoms with Gasteiger partial charge in [0.05, 0.1) is 20.3 Å². The maximum absolute atomic E-state index is 15.0. The number of allylic oxidation sites excluding steroid dienone is 2. The van der Waals surface area contributed by atoms with E-state index in [-0.39, 0.29) is 12.4 Å². The minimum atomic E-state index is -8.70. The Bertz CT molecular complexity index is 2000. The molecule has 0 heterocycles. The van der Waals surface area contributed by atoms with E-state index in [1.807, 2.05) is 0 Å². The molecule has 0 aliphatic heterocycles. The molecule has 0 aromatic heterocycles. The van der Waals surface area contributed by atoms with Crippen LogP contribution in [-0.2, 0) is 18.7 Å². The van der Waals surface area contributed by atoms with Crippen LogP contribution in [0.4, 0.5) is 85.1 Å². The van der Waals surface area contributed by atoms with Gasteiger partial charge >= 0.3 is 59.7 Å². The molecule has 386 valence electrons. The van der Waals surface area contributed by atoms with Gasteiger partial charge in [0.25, 0.3) is 0 Å². The summed E-state index contributed by atoms with van der Waals surface area (Å²) in [7, 11) is -2.57. The Morgan fingerprint density at radius 1 is 0.647 bits per heavy atom. The standard InChI is InChI=1S/C42H48F17NO7Si/c1-8-64-32(61)12-10-9-11-27(6)33(67-34(62)60-29-15-19-30(63-7)20-16-29)28-13-17-31(18-14-28)65-22-23-66-68(25(2)3,26(4)5)24-21-35(43,44)36(45,46)37(47,48)38(49,50)39(51,52)40(53,54)41(55,56)42(57,58)59/h9-20,25-27,33H,8,21-24H2,1-7H3,(H,60,62)/b11-9+,12-10+/t27-,33-/m1/s1. The predicted octanol–water partition coefficient (Wildman–Crippen LogP) is 13.9. The third-order valence-corrected chi connectivity index (χ3v) is 16.3. The number of hydrogen-bond acceptors (Lipinski definition) is 7. The van der Waals surface area contributed by atoms with Gasteiger partial charge in [-0.1, -0.05) is 65.0 Å². The fraction of sp³-hybridized carbons (Fsp3) is 0.571. The summed E-state index contributed by atoms with van der Waals surface area (Å²) < 4.78 is 263. The first kappa shape index (κ1) is 59.4. The Hall–Kier alpha value is -4.75. The fourth-order valence-corrected chi connectivity index (χ4v) is 11.0. The number of methoxy groups -OCH3 is 1. The third kappa shape index (κ3) is 12.5. The highest BCUT2D eigenvalue weighted by molar-refractivity contribution is 6.76. The summed E-state index contributed by atoms with van der Waals surface area (Å²) in [6.07, 6.45) is -6.56. The molecule has 8 nitrogen and oxygen atoms in total. The zero-order chi connectivity index (χ0) is 52.5. The molecule has 1 amide bonds. The summed E-state index contributed by atoms with van der Waals surface area (Å²) in [5, 5.41) is 2.57. The zero-order valence-corrected chi connectivity index (χ0v) is 38.1. The van der Waals surface area contributed by atoms with Crippen molar-refractivity contribution in [2.45, 2.75) is 119 Å². The molecule has 0 aliphatic rings. The number of benzene rings is 2. The second kappa shape index (κ2) is 22.3. The summed E-state index contributed by atoms with van der Waals surface area (Å²) in [6, 6.07) is 10.7. The van der Waals surface area contributed by atoms with Crippen molar-refractivity contribution in [1.29, 1.82) is 0 Å². The number of anilines is 1. The molecule has 1 N–H and O–H groups in total. The van der Waals surface area contributed by atoms with Crippen LogP contribution in [0.3, 0.4) is 0 Å². The van der Waals surface area contributed by atoms with E-state index < -0.39 is 117 Å². The summed E-state index contributed by atoms with van der Waals surface area (Å²) in [6.45, 7) is 7.76. The van der Waals surface area contributed by atoms with E-state index in [0.29, 0.717) is 17.0 Å². The molecule has 2 aromatic carbocycles. The lowest BCUT2D eigenvalue weighted by molar-refractivity contribution is -0.461. The van der Waals surface area contributed by atoms with Crippen LogP contribution in [0.2, 0.25) is 17.1 Å². The van der Waals surface area contributed by atoms with Crippen LogP contribution in [0.15, 0.2) is 72.8 Å². The van der Waals surface area contributed by atoms with E-state index in [4.69, 9.17) is 23.4 Å². The van der Waals surface area contributed by atoms with Gasteiger partial charge in [-0.05, 0) is 66.0 Å². The normalized spacial score (nSPS) is 15.0. The average molecular weight is 1030 g/mol. The van der Waals surface area contributed by atoms with Crippen molar-refractivity contribution >= 4 is 26.1 Å². The van der Waals surface area contributed by atoms with Gasteiger partial charge in [-0.3, -0.25) is 5.32 Å². The molecule has 26 heteroatoms. The van der Waals surface area contributed by atoms with Gasteiger partial charge in [0, 0.05) is 24.1 Å². The second-order valence-electron chi connectivity index (χ2n) is 15.7. The van der Waals surface area contributed by atoms with Crippen molar-refractivity contribution in [2.75, 3.05) is 32.2 Å². The number of ether oxygens (including phenoxy) is 4. The molecule has 0 radical (unpaired) electrons. The molecule has 0 saturated carbocycles. The van der Waals surface area contributed by atoms with Gasteiger partial charge in [-0.25, -0.2) is 9.59 Å². The highest BCUT2D eigenvalue weighted by Gasteiger charge is 2.95. The molecular weight excluding hydrogens is 982 g/mol. The van der Waals surface area contributed by atoms with Crippen molar-refractivity contribution in [3.05, 3.63) is 78.4 Å². The van der Waals surface area contributed by atoms with Crippen LogP contribution in [0.25, 0.3) is 0 Å². The first-order valence-electron chi connectivity index (χ1n) is 20.2. The maximum Gasteiger partial charge on any atom is 0.460 e. The second-order valence-corrected chi connectivity index (χ2v) is 20.7. The number of nitrogens with one attached hydrogen (secondary N) is 1. The first-order chi connectivity index (χ1) is 31.0. The minimum Gasteiger partial charge on any atom is -0.497 e. The molecule has 0 fully saturated rings. The largest absolute Gasteiger partial charge is 0.497 e. The summed E-state index contributed by atoms with van der Waals surface area (Å²) in [5.41, 5.74) is -1.02. The molecule has 2 aromatic rings.